The summed E-state index contributed by atoms with van der Waals surface area (Å²) >= 11 is 0. The van der Waals surface area contributed by atoms with Gasteiger partial charge in [0, 0.05) is 19.1 Å². The lowest BCUT2D eigenvalue weighted by Gasteiger charge is -2.26. The molecule has 1 rings (SSSR count). The number of hydrogen-bond donors (Lipinski definition) is 2. The smallest absolute Gasteiger partial charge is 0.315 e. The molecule has 1 aliphatic heterocycles. The zero-order valence-electron chi connectivity index (χ0n) is 7.33. The van der Waals surface area contributed by atoms with Gasteiger partial charge in [0.1, 0.15) is 0 Å². The lowest BCUT2D eigenvalue weighted by Crippen LogP contribution is -2.46. The number of urea groups is 1. The van der Waals surface area contributed by atoms with Crippen molar-refractivity contribution in [2.75, 3.05) is 13.1 Å². The van der Waals surface area contributed by atoms with Gasteiger partial charge < -0.3 is 16.4 Å². The van der Waals surface area contributed by atoms with Gasteiger partial charge in [-0.15, -0.1) is 0 Å². The first-order valence-electron chi connectivity index (χ1n) is 4.52. The molecule has 1 heterocycles. The van der Waals surface area contributed by atoms with Crippen molar-refractivity contribution in [3.63, 3.8) is 0 Å². The minimum absolute atomic E-state index is 0.171. The highest BCUT2D eigenvalue weighted by Crippen LogP contribution is 2.15. The fraction of sp³-hybridized carbons (Fsp3) is 0.875. The van der Waals surface area contributed by atoms with Crippen LogP contribution < -0.4 is 11.5 Å². The van der Waals surface area contributed by atoms with E-state index in [4.69, 9.17) is 11.5 Å². The zero-order chi connectivity index (χ0) is 8.97. The number of hydrogen-bond acceptors (Lipinski definition) is 2. The topological polar surface area (TPSA) is 72.3 Å². The van der Waals surface area contributed by atoms with Gasteiger partial charge in [0.25, 0.3) is 0 Å². The Labute approximate surface area is 72.9 Å². The van der Waals surface area contributed by atoms with Crippen LogP contribution in [0.25, 0.3) is 0 Å². The molecule has 1 unspecified atom stereocenters. The molecule has 0 aromatic rings. The van der Waals surface area contributed by atoms with Crippen molar-refractivity contribution in [1.29, 1.82) is 0 Å². The highest BCUT2D eigenvalue weighted by Gasteiger charge is 2.21. The first-order chi connectivity index (χ1) is 5.75. The van der Waals surface area contributed by atoms with E-state index in [-0.39, 0.29) is 12.1 Å². The van der Waals surface area contributed by atoms with Crippen molar-refractivity contribution in [2.45, 2.75) is 31.7 Å². The van der Waals surface area contributed by atoms with Crippen molar-refractivity contribution in [2.24, 2.45) is 11.5 Å². The number of nitrogens with two attached hydrogens (primary N) is 2. The molecule has 4 N–H and O–H groups in total. The van der Waals surface area contributed by atoms with Crippen LogP contribution in [0.3, 0.4) is 0 Å². The maximum absolute atomic E-state index is 11.0. The average molecular weight is 171 g/mol. The largest absolute Gasteiger partial charge is 0.351 e. The summed E-state index contributed by atoms with van der Waals surface area (Å²) in [6.45, 7) is 1.31. The van der Waals surface area contributed by atoms with E-state index in [1.807, 2.05) is 0 Å². The van der Waals surface area contributed by atoms with E-state index in [0.717, 1.165) is 25.8 Å². The molecular formula is C8H17N3O. The molecule has 0 aliphatic carbocycles. The minimum Gasteiger partial charge on any atom is -0.351 e. The Morgan fingerprint density at radius 3 is 2.75 bits per heavy atom. The third-order valence-electron chi connectivity index (χ3n) is 2.43. The number of nitrogens with zero attached hydrogens (tertiary/aromatic N) is 1. The van der Waals surface area contributed by atoms with Crippen LogP contribution >= 0.6 is 0 Å². The molecule has 0 bridgehead atoms. The van der Waals surface area contributed by atoms with Gasteiger partial charge in [-0.1, -0.05) is 12.8 Å². The Morgan fingerprint density at radius 1 is 1.42 bits per heavy atom. The first kappa shape index (κ1) is 9.32. The molecule has 0 radical (unpaired) electrons. The van der Waals surface area contributed by atoms with Gasteiger partial charge in [0.2, 0.25) is 0 Å². The molecule has 0 saturated carbocycles. The van der Waals surface area contributed by atoms with Crippen molar-refractivity contribution in [3.05, 3.63) is 0 Å². The molecule has 1 saturated heterocycles. The number of primary amides is 1. The summed E-state index contributed by atoms with van der Waals surface area (Å²) in [6.07, 6.45) is 4.39. The maximum atomic E-state index is 11.0. The van der Waals surface area contributed by atoms with Gasteiger partial charge in [-0.2, -0.15) is 0 Å². The summed E-state index contributed by atoms with van der Waals surface area (Å²) in [5.41, 5.74) is 10.8. The number of rotatable bonds is 1. The highest BCUT2D eigenvalue weighted by atomic mass is 16.2. The number of carbonyl (C=O) groups excluding carboxylic acids is 1. The van der Waals surface area contributed by atoms with E-state index >= 15 is 0 Å². The Hall–Kier alpha value is -0.770. The Morgan fingerprint density at radius 2 is 2.17 bits per heavy atom. The molecule has 1 aliphatic rings. The molecule has 0 aromatic heterocycles. The molecule has 1 atom stereocenters. The lowest BCUT2D eigenvalue weighted by molar-refractivity contribution is 0.187. The molecule has 0 aromatic carbocycles. The monoisotopic (exact) mass is 171 g/mol. The van der Waals surface area contributed by atoms with Crippen LogP contribution in [0.4, 0.5) is 4.79 Å². The van der Waals surface area contributed by atoms with Crippen LogP contribution in [0.15, 0.2) is 0 Å². The van der Waals surface area contributed by atoms with Gasteiger partial charge in [-0.05, 0) is 12.8 Å². The molecule has 12 heavy (non-hydrogen) atoms. The van der Waals surface area contributed by atoms with Crippen molar-refractivity contribution >= 4 is 6.03 Å². The normalized spacial score (nSPS) is 25.1. The van der Waals surface area contributed by atoms with E-state index in [1.165, 1.54) is 6.42 Å². The molecule has 70 valence electrons. The fourth-order valence-electron chi connectivity index (χ4n) is 1.71. The molecule has 4 nitrogen and oxygen atoms in total. The zero-order valence-corrected chi connectivity index (χ0v) is 7.33. The van der Waals surface area contributed by atoms with Crippen molar-refractivity contribution in [3.8, 4) is 0 Å². The van der Waals surface area contributed by atoms with Crippen molar-refractivity contribution < 1.29 is 4.79 Å². The molecule has 0 spiro atoms. The minimum atomic E-state index is -0.327. The van der Waals surface area contributed by atoms with Crippen LogP contribution in [0.1, 0.15) is 25.7 Å². The maximum Gasteiger partial charge on any atom is 0.315 e. The summed E-state index contributed by atoms with van der Waals surface area (Å²) in [5, 5.41) is 0. The Bertz CT molecular complexity index is 160. The summed E-state index contributed by atoms with van der Waals surface area (Å²) in [6, 6.07) is -0.155. The first-order valence-corrected chi connectivity index (χ1v) is 4.52. The number of likely N-dealkylation sites (tertiary alicyclic amines) is 1. The highest BCUT2D eigenvalue weighted by molar-refractivity contribution is 5.72. The standard InChI is InChI=1S/C8H17N3O/c9-6-7-4-2-1-3-5-11(7)8(10)12/h7H,1-6,9H2,(H2,10,12). The van der Waals surface area contributed by atoms with Crippen LogP contribution in [-0.2, 0) is 0 Å². The average Bonchev–Trinajstić information content (AvgIpc) is 2.27. The fourth-order valence-corrected chi connectivity index (χ4v) is 1.71. The second-order valence-corrected chi connectivity index (χ2v) is 3.27. The van der Waals surface area contributed by atoms with Gasteiger partial charge in [-0.25, -0.2) is 4.79 Å². The summed E-state index contributed by atoms with van der Waals surface area (Å²) < 4.78 is 0. The predicted molar refractivity (Wildman–Crippen MR) is 47.6 cm³/mol. The van der Waals surface area contributed by atoms with Gasteiger partial charge in [-0.3, -0.25) is 0 Å². The third-order valence-corrected chi connectivity index (χ3v) is 2.43. The van der Waals surface area contributed by atoms with Crippen LogP contribution in [0, 0.1) is 0 Å². The number of carbonyl (C=O) groups is 1. The van der Waals surface area contributed by atoms with Crippen LogP contribution in [-0.4, -0.2) is 30.1 Å². The Kier molecular flexibility index (Phi) is 3.34. The van der Waals surface area contributed by atoms with E-state index < -0.39 is 0 Å². The van der Waals surface area contributed by atoms with E-state index in [2.05, 4.69) is 0 Å². The summed E-state index contributed by atoms with van der Waals surface area (Å²) in [5.74, 6) is 0. The van der Waals surface area contributed by atoms with E-state index in [0.29, 0.717) is 6.54 Å². The quantitative estimate of drug-likeness (QED) is 0.594. The number of amides is 2. The van der Waals surface area contributed by atoms with Gasteiger partial charge in [0.05, 0.1) is 0 Å². The Balaban J connectivity index is 2.57. The van der Waals surface area contributed by atoms with Gasteiger partial charge >= 0.3 is 6.03 Å². The predicted octanol–water partition coefficient (Wildman–Crippen LogP) is 0.268. The van der Waals surface area contributed by atoms with Gasteiger partial charge in [0.15, 0.2) is 0 Å². The SMILES string of the molecule is NCC1CCCCCN1C(N)=O. The van der Waals surface area contributed by atoms with Crippen molar-refractivity contribution in [1.82, 2.24) is 4.90 Å². The second-order valence-electron chi connectivity index (χ2n) is 3.27. The molecule has 2 amide bonds. The third kappa shape index (κ3) is 2.11. The van der Waals surface area contributed by atoms with Crippen LogP contribution in [0.2, 0.25) is 0 Å². The second kappa shape index (κ2) is 4.30. The van der Waals surface area contributed by atoms with E-state index in [9.17, 15) is 4.79 Å². The van der Waals surface area contributed by atoms with E-state index in [1.54, 1.807) is 4.90 Å². The van der Waals surface area contributed by atoms with Crippen LogP contribution in [0.5, 0.6) is 0 Å². The molecule has 1 fully saturated rings. The molecule has 4 heteroatoms. The lowest BCUT2D eigenvalue weighted by atomic mass is 10.1. The summed E-state index contributed by atoms with van der Waals surface area (Å²) in [4.78, 5) is 12.7. The summed E-state index contributed by atoms with van der Waals surface area (Å²) in [7, 11) is 0. The molecular weight excluding hydrogens is 154 g/mol.